The largest absolute Gasteiger partial charge is 0.496 e. The molecule has 84 valence electrons. The van der Waals surface area contributed by atoms with E-state index in [9.17, 15) is 4.79 Å². The average molecular weight is 220 g/mol. The van der Waals surface area contributed by atoms with Crippen LogP contribution in [0.3, 0.4) is 0 Å². The molecule has 1 N–H and O–H groups in total. The number of ether oxygens (including phenoxy) is 1. The number of aromatic carboxylic acids is 1. The zero-order valence-electron chi connectivity index (χ0n) is 9.31. The second-order valence-corrected chi connectivity index (χ2v) is 3.58. The predicted octanol–water partition coefficient (Wildman–Crippen LogP) is 1.59. The summed E-state index contributed by atoms with van der Waals surface area (Å²) in [5.41, 5.74) is 1.83. The number of methoxy groups -OCH3 is 1. The van der Waals surface area contributed by atoms with E-state index in [-0.39, 0.29) is 5.56 Å². The minimum Gasteiger partial charge on any atom is -0.496 e. The Morgan fingerprint density at radius 3 is 2.75 bits per heavy atom. The van der Waals surface area contributed by atoms with Crippen LogP contribution in [-0.2, 0) is 7.05 Å². The van der Waals surface area contributed by atoms with Gasteiger partial charge in [-0.15, -0.1) is 0 Å². The number of carbonyl (C=O) groups is 1. The molecule has 0 radical (unpaired) electrons. The lowest BCUT2D eigenvalue weighted by Crippen LogP contribution is -2.00. The van der Waals surface area contributed by atoms with E-state index in [0.717, 1.165) is 16.6 Å². The normalized spacial score (nSPS) is 10.7. The first-order chi connectivity index (χ1) is 7.54. The molecule has 2 rings (SSSR count). The molecular weight excluding hydrogens is 208 g/mol. The molecule has 16 heavy (non-hydrogen) atoms. The highest BCUT2D eigenvalue weighted by Crippen LogP contribution is 2.27. The molecule has 0 aliphatic carbocycles. The van der Waals surface area contributed by atoms with Gasteiger partial charge < -0.3 is 9.84 Å². The van der Waals surface area contributed by atoms with Crippen molar-refractivity contribution in [2.24, 2.45) is 7.05 Å². The Hall–Kier alpha value is -2.04. The summed E-state index contributed by atoms with van der Waals surface area (Å²) in [5.74, 6) is -0.648. The van der Waals surface area contributed by atoms with E-state index in [0.29, 0.717) is 5.75 Å². The van der Waals surface area contributed by atoms with Crippen molar-refractivity contribution in [1.82, 2.24) is 9.78 Å². The summed E-state index contributed by atoms with van der Waals surface area (Å²) in [7, 11) is 3.27. The standard InChI is InChI=1S/C11H12N2O3/c1-6-7-4-8(11(14)15)10(16-3)5-9(7)13(2)12-6/h4-5H,1-3H3,(H,14,15). The minimum atomic E-state index is -0.998. The third kappa shape index (κ3) is 1.41. The van der Waals surface area contributed by atoms with Crippen molar-refractivity contribution in [3.05, 3.63) is 23.4 Å². The molecule has 0 fully saturated rings. The number of rotatable bonds is 2. The van der Waals surface area contributed by atoms with Crippen LogP contribution in [0.5, 0.6) is 5.75 Å². The lowest BCUT2D eigenvalue weighted by molar-refractivity contribution is 0.0693. The van der Waals surface area contributed by atoms with E-state index in [1.165, 1.54) is 7.11 Å². The molecule has 5 nitrogen and oxygen atoms in total. The summed E-state index contributed by atoms with van der Waals surface area (Å²) in [4.78, 5) is 11.0. The molecule has 0 unspecified atom stereocenters. The van der Waals surface area contributed by atoms with Gasteiger partial charge in [-0.1, -0.05) is 0 Å². The van der Waals surface area contributed by atoms with Gasteiger partial charge in [-0.05, 0) is 13.0 Å². The quantitative estimate of drug-likeness (QED) is 0.834. The van der Waals surface area contributed by atoms with Gasteiger partial charge in [0.2, 0.25) is 0 Å². The second-order valence-electron chi connectivity index (χ2n) is 3.58. The first kappa shape index (κ1) is 10.5. The highest BCUT2D eigenvalue weighted by molar-refractivity contribution is 5.97. The topological polar surface area (TPSA) is 64.3 Å². The van der Waals surface area contributed by atoms with Gasteiger partial charge in [-0.2, -0.15) is 5.10 Å². The molecule has 5 heteroatoms. The van der Waals surface area contributed by atoms with Crippen molar-refractivity contribution in [3.63, 3.8) is 0 Å². The number of aromatic nitrogens is 2. The number of hydrogen-bond donors (Lipinski definition) is 1. The van der Waals surface area contributed by atoms with Crippen molar-refractivity contribution >= 4 is 16.9 Å². The number of carboxylic acid groups (broad SMARTS) is 1. The zero-order chi connectivity index (χ0) is 11.9. The Morgan fingerprint density at radius 2 is 2.19 bits per heavy atom. The average Bonchev–Trinajstić information content (AvgIpc) is 2.52. The van der Waals surface area contributed by atoms with Gasteiger partial charge in [0.25, 0.3) is 0 Å². The Kier molecular flexibility index (Phi) is 2.30. The number of aryl methyl sites for hydroxylation is 2. The third-order valence-electron chi connectivity index (χ3n) is 2.59. The van der Waals surface area contributed by atoms with Crippen LogP contribution in [0.4, 0.5) is 0 Å². The minimum absolute atomic E-state index is 0.158. The van der Waals surface area contributed by atoms with Crippen molar-refractivity contribution in [1.29, 1.82) is 0 Å². The first-order valence-electron chi connectivity index (χ1n) is 4.79. The van der Waals surface area contributed by atoms with Crippen molar-refractivity contribution in [2.45, 2.75) is 6.92 Å². The zero-order valence-corrected chi connectivity index (χ0v) is 9.31. The van der Waals surface area contributed by atoms with Crippen LogP contribution in [0.1, 0.15) is 16.1 Å². The fraction of sp³-hybridized carbons (Fsp3) is 0.273. The van der Waals surface area contributed by atoms with Gasteiger partial charge in [0.15, 0.2) is 0 Å². The molecule has 0 aliphatic heterocycles. The summed E-state index contributed by atoms with van der Waals surface area (Å²) < 4.78 is 6.76. The molecule has 0 saturated heterocycles. The number of hydrogen-bond acceptors (Lipinski definition) is 3. The molecular formula is C11H12N2O3. The Morgan fingerprint density at radius 1 is 1.50 bits per heavy atom. The monoisotopic (exact) mass is 220 g/mol. The lowest BCUT2D eigenvalue weighted by atomic mass is 10.1. The SMILES string of the molecule is COc1cc2c(cc1C(=O)O)c(C)nn2C. The number of benzene rings is 1. The molecule has 0 bridgehead atoms. The summed E-state index contributed by atoms with van der Waals surface area (Å²) >= 11 is 0. The molecule has 1 aromatic carbocycles. The van der Waals surface area contributed by atoms with Crippen LogP contribution >= 0.6 is 0 Å². The van der Waals surface area contributed by atoms with Crippen molar-refractivity contribution in [2.75, 3.05) is 7.11 Å². The summed E-state index contributed by atoms with van der Waals surface area (Å²) in [5, 5.41) is 14.1. The molecule has 0 aliphatic rings. The van der Waals surface area contributed by atoms with Gasteiger partial charge in [-0.3, -0.25) is 4.68 Å². The van der Waals surface area contributed by atoms with Gasteiger partial charge in [0.05, 0.1) is 18.3 Å². The van der Waals surface area contributed by atoms with E-state index >= 15 is 0 Å². The van der Waals surface area contributed by atoms with Crippen LogP contribution in [0.2, 0.25) is 0 Å². The van der Waals surface area contributed by atoms with Crippen LogP contribution in [-0.4, -0.2) is 28.0 Å². The maximum absolute atomic E-state index is 11.0. The van der Waals surface area contributed by atoms with Crippen LogP contribution in [0.15, 0.2) is 12.1 Å². The third-order valence-corrected chi connectivity index (χ3v) is 2.59. The Bertz CT molecular complexity index is 572. The lowest BCUT2D eigenvalue weighted by Gasteiger charge is -2.05. The van der Waals surface area contributed by atoms with Crippen LogP contribution < -0.4 is 4.74 Å². The number of nitrogens with zero attached hydrogens (tertiary/aromatic N) is 2. The van der Waals surface area contributed by atoms with E-state index in [4.69, 9.17) is 9.84 Å². The molecule has 2 aromatic rings. The van der Waals surface area contributed by atoms with E-state index in [2.05, 4.69) is 5.10 Å². The Balaban J connectivity index is 2.82. The van der Waals surface area contributed by atoms with Gasteiger partial charge >= 0.3 is 5.97 Å². The molecule has 1 aromatic heterocycles. The fourth-order valence-corrected chi connectivity index (χ4v) is 1.80. The highest BCUT2D eigenvalue weighted by Gasteiger charge is 2.15. The molecule has 0 amide bonds. The Labute approximate surface area is 92.2 Å². The van der Waals surface area contributed by atoms with Crippen molar-refractivity contribution < 1.29 is 14.6 Å². The van der Waals surface area contributed by atoms with Gasteiger partial charge in [0, 0.05) is 18.5 Å². The van der Waals surface area contributed by atoms with E-state index in [1.54, 1.807) is 16.8 Å². The van der Waals surface area contributed by atoms with Gasteiger partial charge in [-0.25, -0.2) is 4.79 Å². The molecule has 0 atom stereocenters. The first-order valence-corrected chi connectivity index (χ1v) is 4.79. The maximum atomic E-state index is 11.0. The number of carboxylic acids is 1. The van der Waals surface area contributed by atoms with Crippen LogP contribution in [0.25, 0.3) is 10.9 Å². The molecule has 0 spiro atoms. The molecule has 0 saturated carbocycles. The maximum Gasteiger partial charge on any atom is 0.339 e. The number of fused-ring (bicyclic) bond motifs is 1. The van der Waals surface area contributed by atoms with E-state index < -0.39 is 5.97 Å². The summed E-state index contributed by atoms with van der Waals surface area (Å²) in [6.45, 7) is 1.85. The van der Waals surface area contributed by atoms with Gasteiger partial charge in [0.1, 0.15) is 11.3 Å². The van der Waals surface area contributed by atoms with Crippen LogP contribution in [0, 0.1) is 6.92 Å². The van der Waals surface area contributed by atoms with Crippen molar-refractivity contribution in [3.8, 4) is 5.75 Å². The summed E-state index contributed by atoms with van der Waals surface area (Å²) in [6, 6.07) is 3.29. The fourth-order valence-electron chi connectivity index (χ4n) is 1.80. The second kappa shape index (κ2) is 3.52. The molecule has 1 heterocycles. The highest BCUT2D eigenvalue weighted by atomic mass is 16.5. The van der Waals surface area contributed by atoms with E-state index in [1.807, 2.05) is 14.0 Å². The summed E-state index contributed by atoms with van der Waals surface area (Å²) in [6.07, 6.45) is 0. The predicted molar refractivity (Wildman–Crippen MR) is 59.0 cm³/mol. The smallest absolute Gasteiger partial charge is 0.339 e.